The van der Waals surface area contributed by atoms with Crippen LogP contribution in [-0.2, 0) is 6.54 Å². The minimum atomic E-state index is 0.200. The zero-order valence-corrected chi connectivity index (χ0v) is 15.8. The number of rotatable bonds is 6. The maximum Gasteiger partial charge on any atom is 0.246 e. The van der Waals surface area contributed by atoms with Gasteiger partial charge >= 0.3 is 0 Å². The lowest BCUT2D eigenvalue weighted by Crippen LogP contribution is -2.15. The highest BCUT2D eigenvalue weighted by Crippen LogP contribution is 2.34. The van der Waals surface area contributed by atoms with Crippen LogP contribution in [0.2, 0.25) is 5.28 Å². The molecule has 28 heavy (non-hydrogen) atoms. The Bertz CT molecular complexity index is 1120. The van der Waals surface area contributed by atoms with Gasteiger partial charge in [0, 0.05) is 24.2 Å². The Hall–Kier alpha value is -2.96. The lowest BCUT2D eigenvalue weighted by atomic mass is 10.0. The number of hydrogen-bond donors (Lipinski definition) is 1. The van der Waals surface area contributed by atoms with Crippen molar-refractivity contribution in [1.82, 2.24) is 25.1 Å². The fraction of sp³-hybridized carbons (Fsp3) is 0.190. The molecule has 0 aliphatic heterocycles. The van der Waals surface area contributed by atoms with Gasteiger partial charge in [0.1, 0.15) is 5.75 Å². The van der Waals surface area contributed by atoms with Gasteiger partial charge in [0.05, 0.1) is 0 Å². The maximum atomic E-state index is 6.19. The fourth-order valence-corrected chi connectivity index (χ4v) is 3.24. The summed E-state index contributed by atoms with van der Waals surface area (Å²) in [5, 5.41) is 15.9. The summed E-state index contributed by atoms with van der Waals surface area (Å²) < 4.78 is 7.64. The van der Waals surface area contributed by atoms with Crippen molar-refractivity contribution in [2.75, 3.05) is 0 Å². The van der Waals surface area contributed by atoms with E-state index in [0.29, 0.717) is 17.6 Å². The van der Waals surface area contributed by atoms with Crippen molar-refractivity contribution in [3.63, 3.8) is 0 Å². The van der Waals surface area contributed by atoms with Crippen LogP contribution in [0.25, 0.3) is 16.8 Å². The van der Waals surface area contributed by atoms with E-state index in [4.69, 9.17) is 16.3 Å². The molecule has 1 aliphatic rings. The first kappa shape index (κ1) is 17.2. The molecular formula is C21H18ClN5O. The predicted octanol–water partition coefficient (Wildman–Crippen LogP) is 4.49. The van der Waals surface area contributed by atoms with E-state index in [-0.39, 0.29) is 5.28 Å². The molecule has 0 unspecified atom stereocenters. The molecule has 140 valence electrons. The van der Waals surface area contributed by atoms with Crippen molar-refractivity contribution in [1.29, 1.82) is 0 Å². The number of fused-ring (bicyclic) bond motifs is 1. The Morgan fingerprint density at radius 3 is 2.71 bits per heavy atom. The molecule has 0 saturated heterocycles. The second-order valence-corrected chi connectivity index (χ2v) is 7.20. The topological polar surface area (TPSA) is 64.3 Å². The van der Waals surface area contributed by atoms with E-state index in [1.165, 1.54) is 22.9 Å². The maximum absolute atomic E-state index is 6.19. The van der Waals surface area contributed by atoms with Crippen LogP contribution in [0.3, 0.4) is 0 Å². The van der Waals surface area contributed by atoms with E-state index in [0.717, 1.165) is 23.4 Å². The van der Waals surface area contributed by atoms with Gasteiger partial charge in [-0.3, -0.25) is 0 Å². The van der Waals surface area contributed by atoms with Crippen LogP contribution < -0.4 is 10.1 Å². The minimum Gasteiger partial charge on any atom is -0.437 e. The number of nitrogens with one attached hydrogen (secondary N) is 1. The Labute approximate surface area is 167 Å². The molecule has 2 heterocycles. The molecule has 0 atom stereocenters. The lowest BCUT2D eigenvalue weighted by molar-refractivity contribution is 0.453. The fourth-order valence-electron chi connectivity index (χ4n) is 3.08. The standard InChI is InChI=1S/C21H18ClN5O/c22-21-25-24-19-10-11-20(26-27(19)21)28-18-12-14(13-23-16-7-8-16)6-9-17(18)15-4-2-1-3-5-15/h1-6,9-12,16,23H,7-8,13H2. The highest BCUT2D eigenvalue weighted by atomic mass is 35.5. The molecule has 1 aliphatic carbocycles. The van der Waals surface area contributed by atoms with Crippen LogP contribution in [0, 0.1) is 0 Å². The Balaban J connectivity index is 1.51. The molecule has 0 bridgehead atoms. The number of aromatic nitrogens is 4. The first-order chi connectivity index (χ1) is 13.8. The van der Waals surface area contributed by atoms with Gasteiger partial charge in [-0.1, -0.05) is 42.5 Å². The van der Waals surface area contributed by atoms with Gasteiger partial charge in [0.2, 0.25) is 11.2 Å². The van der Waals surface area contributed by atoms with Crippen molar-refractivity contribution < 1.29 is 4.74 Å². The molecule has 1 N–H and O–H groups in total. The van der Waals surface area contributed by atoms with Crippen LogP contribution in [0.1, 0.15) is 18.4 Å². The SMILES string of the molecule is Clc1nnc2ccc(Oc3cc(CNC4CC4)ccc3-c3ccccc3)nn12. The first-order valence-electron chi connectivity index (χ1n) is 9.24. The van der Waals surface area contributed by atoms with Gasteiger partial charge in [-0.05, 0) is 47.7 Å². The third-order valence-corrected chi connectivity index (χ3v) is 4.95. The van der Waals surface area contributed by atoms with E-state index >= 15 is 0 Å². The highest BCUT2D eigenvalue weighted by Gasteiger charge is 2.20. The average Bonchev–Trinajstić information content (AvgIpc) is 3.50. The van der Waals surface area contributed by atoms with Gasteiger partial charge in [-0.2, -0.15) is 4.52 Å². The summed E-state index contributed by atoms with van der Waals surface area (Å²) in [5.74, 6) is 1.18. The van der Waals surface area contributed by atoms with Crippen LogP contribution >= 0.6 is 11.6 Å². The number of nitrogens with zero attached hydrogens (tertiary/aromatic N) is 4. The van der Waals surface area contributed by atoms with Gasteiger partial charge in [-0.25, -0.2) is 0 Å². The quantitative estimate of drug-likeness (QED) is 0.524. The highest BCUT2D eigenvalue weighted by molar-refractivity contribution is 6.28. The molecule has 6 nitrogen and oxygen atoms in total. The van der Waals surface area contributed by atoms with Gasteiger partial charge in [0.15, 0.2) is 5.65 Å². The van der Waals surface area contributed by atoms with Crippen LogP contribution in [-0.4, -0.2) is 25.9 Å². The van der Waals surface area contributed by atoms with Gasteiger partial charge in [0.25, 0.3) is 0 Å². The molecule has 7 heteroatoms. The van der Waals surface area contributed by atoms with E-state index < -0.39 is 0 Å². The average molecular weight is 392 g/mol. The third-order valence-electron chi connectivity index (χ3n) is 4.72. The largest absolute Gasteiger partial charge is 0.437 e. The zero-order valence-electron chi connectivity index (χ0n) is 15.0. The van der Waals surface area contributed by atoms with Crippen molar-refractivity contribution in [2.24, 2.45) is 0 Å². The Kier molecular flexibility index (Phi) is 4.43. The van der Waals surface area contributed by atoms with E-state index in [1.807, 2.05) is 18.2 Å². The second-order valence-electron chi connectivity index (χ2n) is 6.86. The number of ether oxygens (including phenoxy) is 1. The second kappa shape index (κ2) is 7.22. The van der Waals surface area contributed by atoms with Crippen molar-refractivity contribution >= 4 is 17.2 Å². The molecule has 1 saturated carbocycles. The van der Waals surface area contributed by atoms with Crippen LogP contribution in [0.5, 0.6) is 11.6 Å². The van der Waals surface area contributed by atoms with E-state index in [1.54, 1.807) is 12.1 Å². The number of benzene rings is 2. The van der Waals surface area contributed by atoms with E-state index in [2.05, 4.69) is 50.9 Å². The minimum absolute atomic E-state index is 0.200. The summed E-state index contributed by atoms with van der Waals surface area (Å²) in [7, 11) is 0. The number of hydrogen-bond acceptors (Lipinski definition) is 5. The molecule has 4 aromatic rings. The molecule has 5 rings (SSSR count). The summed E-state index contributed by atoms with van der Waals surface area (Å²) in [5.41, 5.74) is 3.84. The normalized spacial score (nSPS) is 13.8. The molecule has 2 aromatic carbocycles. The summed E-state index contributed by atoms with van der Waals surface area (Å²) in [6.07, 6.45) is 2.52. The van der Waals surface area contributed by atoms with Crippen molar-refractivity contribution in [3.05, 3.63) is 71.5 Å². The molecular weight excluding hydrogens is 374 g/mol. The van der Waals surface area contributed by atoms with Crippen molar-refractivity contribution in [2.45, 2.75) is 25.4 Å². The van der Waals surface area contributed by atoms with Crippen LogP contribution in [0.15, 0.2) is 60.7 Å². The molecule has 2 aromatic heterocycles. The molecule has 0 spiro atoms. The lowest BCUT2D eigenvalue weighted by Gasteiger charge is -2.13. The van der Waals surface area contributed by atoms with E-state index in [9.17, 15) is 0 Å². The molecule has 1 fully saturated rings. The molecule has 0 radical (unpaired) electrons. The third kappa shape index (κ3) is 3.56. The molecule has 0 amide bonds. The van der Waals surface area contributed by atoms with Gasteiger partial charge < -0.3 is 10.1 Å². The zero-order chi connectivity index (χ0) is 18.9. The van der Waals surface area contributed by atoms with Crippen molar-refractivity contribution in [3.8, 4) is 22.8 Å². The Morgan fingerprint density at radius 1 is 1.04 bits per heavy atom. The Morgan fingerprint density at radius 2 is 1.89 bits per heavy atom. The van der Waals surface area contributed by atoms with Crippen LogP contribution in [0.4, 0.5) is 0 Å². The predicted molar refractivity (Wildman–Crippen MR) is 108 cm³/mol. The smallest absolute Gasteiger partial charge is 0.246 e. The van der Waals surface area contributed by atoms with Gasteiger partial charge in [-0.15, -0.1) is 15.3 Å². The monoisotopic (exact) mass is 391 g/mol. The summed E-state index contributed by atoms with van der Waals surface area (Å²) in [6, 6.07) is 20.7. The summed E-state index contributed by atoms with van der Waals surface area (Å²) in [6.45, 7) is 0.819. The summed E-state index contributed by atoms with van der Waals surface area (Å²) >= 11 is 6.04. The first-order valence-corrected chi connectivity index (χ1v) is 9.61. The number of halogens is 1. The summed E-state index contributed by atoms with van der Waals surface area (Å²) in [4.78, 5) is 0.